The van der Waals surface area contributed by atoms with E-state index in [-0.39, 0.29) is 0 Å². The number of piperazine rings is 1. The number of aromatic nitrogens is 1. The van der Waals surface area contributed by atoms with Crippen LogP contribution in [0.1, 0.15) is 36.6 Å². The Bertz CT molecular complexity index is 879. The smallest absolute Gasteiger partial charge is 0.0727 e. The maximum Gasteiger partial charge on any atom is 0.0727 e. The molecule has 136 valence electrons. The van der Waals surface area contributed by atoms with Gasteiger partial charge in [0, 0.05) is 48.7 Å². The van der Waals surface area contributed by atoms with E-state index in [1.807, 2.05) is 0 Å². The van der Waals surface area contributed by atoms with Crippen LogP contribution in [0.3, 0.4) is 0 Å². The van der Waals surface area contributed by atoms with Gasteiger partial charge in [-0.05, 0) is 49.8 Å². The molecule has 0 atom stereocenters. The third-order valence-corrected chi connectivity index (χ3v) is 6.16. The first-order chi connectivity index (χ1) is 12.5. The first-order valence-electron chi connectivity index (χ1n) is 9.50. The summed E-state index contributed by atoms with van der Waals surface area (Å²) in [6.45, 7) is 14.4. The van der Waals surface area contributed by atoms with E-state index in [9.17, 15) is 0 Å². The lowest BCUT2D eigenvalue weighted by Crippen LogP contribution is -2.44. The summed E-state index contributed by atoms with van der Waals surface area (Å²) in [6, 6.07) is 6.41. The molecule has 0 saturated carbocycles. The maximum atomic E-state index is 6.70. The summed E-state index contributed by atoms with van der Waals surface area (Å²) in [6.07, 6.45) is 4.52. The number of benzene rings is 1. The Balaban J connectivity index is 1.61. The van der Waals surface area contributed by atoms with Gasteiger partial charge in [-0.25, -0.2) is 0 Å². The summed E-state index contributed by atoms with van der Waals surface area (Å²) in [4.78, 5) is 9.63. The predicted molar refractivity (Wildman–Crippen MR) is 110 cm³/mol. The van der Waals surface area contributed by atoms with Crippen LogP contribution < -0.4 is 0 Å². The first-order valence-corrected chi connectivity index (χ1v) is 9.88. The molecule has 1 aromatic carbocycles. The average molecular weight is 368 g/mol. The Hall–Kier alpha value is -2.00. The fourth-order valence-electron chi connectivity index (χ4n) is 4.09. The van der Waals surface area contributed by atoms with Crippen molar-refractivity contribution in [3.8, 4) is 0 Å². The van der Waals surface area contributed by atoms with Crippen molar-refractivity contribution in [1.82, 2.24) is 14.8 Å². The highest BCUT2D eigenvalue weighted by atomic mass is 35.5. The molecule has 2 aliphatic rings. The minimum atomic E-state index is 0.900. The number of nitrogens with zero attached hydrogens (tertiary/aromatic N) is 3. The van der Waals surface area contributed by atoms with E-state index in [0.29, 0.717) is 0 Å². The minimum absolute atomic E-state index is 0.900. The molecular weight excluding hydrogens is 342 g/mol. The van der Waals surface area contributed by atoms with Gasteiger partial charge in [0.25, 0.3) is 0 Å². The van der Waals surface area contributed by atoms with Crippen LogP contribution in [0, 0.1) is 0 Å². The standard InChI is InChI=1S/C22H26ClN3/c1-15(2)25-10-12-26(13-11-25)16(3)17-8-9-19-21(14-17)24-20-7-5-4-6-18(20)22(19)23/h8-9,14H,1,3-7,10-13H2,2H3. The lowest BCUT2D eigenvalue weighted by atomic mass is 9.94. The Morgan fingerprint density at radius 3 is 2.46 bits per heavy atom. The number of halogens is 1. The second-order valence-corrected chi connectivity index (χ2v) is 7.82. The topological polar surface area (TPSA) is 19.4 Å². The summed E-state index contributed by atoms with van der Waals surface area (Å²) in [5.74, 6) is 0. The summed E-state index contributed by atoms with van der Waals surface area (Å²) in [7, 11) is 0. The SMILES string of the molecule is C=C(C)N1CCN(C(=C)c2ccc3c(Cl)c4c(nc3c2)CCCC4)CC1. The van der Waals surface area contributed by atoms with Gasteiger partial charge in [0.2, 0.25) is 0 Å². The maximum absolute atomic E-state index is 6.70. The van der Waals surface area contributed by atoms with Crippen molar-refractivity contribution in [3.63, 3.8) is 0 Å². The molecule has 1 aliphatic heterocycles. The van der Waals surface area contributed by atoms with Crippen molar-refractivity contribution in [3.05, 3.63) is 58.9 Å². The van der Waals surface area contributed by atoms with Gasteiger partial charge < -0.3 is 9.80 Å². The van der Waals surface area contributed by atoms with Gasteiger partial charge in [-0.3, -0.25) is 4.98 Å². The molecule has 3 nitrogen and oxygen atoms in total. The lowest BCUT2D eigenvalue weighted by Gasteiger charge is -2.38. The molecule has 26 heavy (non-hydrogen) atoms. The van der Waals surface area contributed by atoms with E-state index in [1.54, 1.807) is 0 Å². The molecule has 1 saturated heterocycles. The number of hydrogen-bond acceptors (Lipinski definition) is 3. The highest BCUT2D eigenvalue weighted by molar-refractivity contribution is 6.36. The highest BCUT2D eigenvalue weighted by Crippen LogP contribution is 2.34. The molecule has 0 N–H and O–H groups in total. The number of hydrogen-bond donors (Lipinski definition) is 0. The van der Waals surface area contributed by atoms with Crippen LogP contribution in [0.25, 0.3) is 16.6 Å². The van der Waals surface area contributed by atoms with Crippen LogP contribution in [0.5, 0.6) is 0 Å². The van der Waals surface area contributed by atoms with Crippen molar-refractivity contribution in [1.29, 1.82) is 0 Å². The molecule has 0 bridgehead atoms. The first kappa shape index (κ1) is 17.4. The summed E-state index contributed by atoms with van der Waals surface area (Å²) >= 11 is 6.70. The fourth-order valence-corrected chi connectivity index (χ4v) is 4.45. The molecule has 0 unspecified atom stereocenters. The molecule has 4 heteroatoms. The molecule has 0 spiro atoms. The van der Waals surface area contributed by atoms with Gasteiger partial charge in [-0.15, -0.1) is 0 Å². The molecule has 1 aliphatic carbocycles. The number of pyridine rings is 1. The number of rotatable bonds is 3. The zero-order valence-electron chi connectivity index (χ0n) is 15.5. The van der Waals surface area contributed by atoms with Gasteiger partial charge in [-0.1, -0.05) is 36.9 Å². The third-order valence-electron chi connectivity index (χ3n) is 5.73. The third kappa shape index (κ3) is 3.09. The van der Waals surface area contributed by atoms with Gasteiger partial charge in [-0.2, -0.15) is 0 Å². The van der Waals surface area contributed by atoms with Gasteiger partial charge in [0.1, 0.15) is 0 Å². The van der Waals surface area contributed by atoms with Crippen LogP contribution in [-0.4, -0.2) is 41.0 Å². The van der Waals surface area contributed by atoms with E-state index in [0.717, 1.165) is 71.9 Å². The van der Waals surface area contributed by atoms with Crippen molar-refractivity contribution >= 4 is 28.2 Å². The molecular formula is C22H26ClN3. The van der Waals surface area contributed by atoms with E-state index < -0.39 is 0 Å². The average Bonchev–Trinajstić information content (AvgIpc) is 2.67. The van der Waals surface area contributed by atoms with Gasteiger partial charge in [0.15, 0.2) is 0 Å². The second kappa shape index (κ2) is 6.96. The number of aryl methyl sites for hydroxylation is 1. The van der Waals surface area contributed by atoms with Crippen molar-refractivity contribution in [2.75, 3.05) is 26.2 Å². The summed E-state index contributed by atoms with van der Waals surface area (Å²) in [5, 5.41) is 1.97. The molecule has 1 aromatic heterocycles. The van der Waals surface area contributed by atoms with Crippen molar-refractivity contribution < 1.29 is 0 Å². The van der Waals surface area contributed by atoms with E-state index >= 15 is 0 Å². The van der Waals surface area contributed by atoms with Crippen molar-refractivity contribution in [2.24, 2.45) is 0 Å². The summed E-state index contributed by atoms with van der Waals surface area (Å²) < 4.78 is 0. The molecule has 2 heterocycles. The predicted octanol–water partition coefficient (Wildman–Crippen LogP) is 4.89. The molecule has 0 radical (unpaired) electrons. The number of fused-ring (bicyclic) bond motifs is 2. The minimum Gasteiger partial charge on any atom is -0.372 e. The van der Waals surface area contributed by atoms with Gasteiger partial charge >= 0.3 is 0 Å². The van der Waals surface area contributed by atoms with Crippen LogP contribution >= 0.6 is 11.6 Å². The Morgan fingerprint density at radius 1 is 1.04 bits per heavy atom. The Kier molecular flexibility index (Phi) is 4.66. The van der Waals surface area contributed by atoms with Crippen LogP contribution in [0.15, 0.2) is 37.1 Å². The van der Waals surface area contributed by atoms with Crippen LogP contribution in [0.4, 0.5) is 0 Å². The van der Waals surface area contributed by atoms with E-state index in [1.165, 1.54) is 24.1 Å². The lowest BCUT2D eigenvalue weighted by molar-refractivity contribution is 0.215. The molecule has 0 amide bonds. The van der Waals surface area contributed by atoms with Crippen LogP contribution in [-0.2, 0) is 12.8 Å². The summed E-state index contributed by atoms with van der Waals surface area (Å²) in [5.41, 5.74) is 6.79. The molecule has 2 aromatic rings. The molecule has 1 fully saturated rings. The monoisotopic (exact) mass is 367 g/mol. The van der Waals surface area contributed by atoms with Gasteiger partial charge in [0.05, 0.1) is 10.5 Å². The largest absolute Gasteiger partial charge is 0.372 e. The normalized spacial score (nSPS) is 17.3. The zero-order chi connectivity index (χ0) is 18.3. The Labute approximate surface area is 161 Å². The second-order valence-electron chi connectivity index (χ2n) is 7.45. The highest BCUT2D eigenvalue weighted by Gasteiger charge is 2.20. The number of allylic oxidation sites excluding steroid dienone is 1. The molecule has 4 rings (SSSR count). The fraction of sp³-hybridized carbons (Fsp3) is 0.409. The zero-order valence-corrected chi connectivity index (χ0v) is 16.3. The Morgan fingerprint density at radius 2 is 1.73 bits per heavy atom. The van der Waals surface area contributed by atoms with Crippen molar-refractivity contribution in [2.45, 2.75) is 32.6 Å². The van der Waals surface area contributed by atoms with E-state index in [4.69, 9.17) is 16.6 Å². The van der Waals surface area contributed by atoms with Crippen LogP contribution in [0.2, 0.25) is 5.02 Å². The quantitative estimate of drug-likeness (QED) is 0.770. The van der Waals surface area contributed by atoms with E-state index in [2.05, 4.69) is 48.1 Å².